The summed E-state index contributed by atoms with van der Waals surface area (Å²) in [5.41, 5.74) is 0.979. The van der Waals surface area contributed by atoms with Gasteiger partial charge in [0.2, 0.25) is 5.89 Å². The van der Waals surface area contributed by atoms with E-state index >= 15 is 0 Å². The lowest BCUT2D eigenvalue weighted by molar-refractivity contribution is 0.201. The number of rotatable bonds is 2. The number of hydrogen-bond donors (Lipinski definition) is 0. The third-order valence-electron chi connectivity index (χ3n) is 2.47. The van der Waals surface area contributed by atoms with Crippen LogP contribution in [0.2, 0.25) is 0 Å². The minimum absolute atomic E-state index is 0.861. The van der Waals surface area contributed by atoms with Crippen LogP contribution in [0.1, 0.15) is 30.8 Å². The summed E-state index contributed by atoms with van der Waals surface area (Å²) in [6.45, 7) is 5.24. The molecule has 1 aromatic heterocycles. The molecule has 2 heterocycles. The highest BCUT2D eigenvalue weighted by Crippen LogP contribution is 2.12. The van der Waals surface area contributed by atoms with Crippen molar-refractivity contribution in [1.29, 1.82) is 0 Å². The fourth-order valence-corrected chi connectivity index (χ4v) is 1.78. The fraction of sp³-hybridized carbons (Fsp3) is 0.700. The molecule has 0 saturated carbocycles. The number of aromatic nitrogens is 1. The van der Waals surface area contributed by atoms with Crippen molar-refractivity contribution in [3.63, 3.8) is 0 Å². The number of aryl methyl sites for hydroxylation is 1. The van der Waals surface area contributed by atoms with Gasteiger partial charge in [0, 0.05) is 0 Å². The molecule has 3 heteroatoms. The summed E-state index contributed by atoms with van der Waals surface area (Å²) in [4.78, 5) is 6.71. The highest BCUT2D eigenvalue weighted by atomic mass is 16.3. The van der Waals surface area contributed by atoms with E-state index in [0.29, 0.717) is 0 Å². The average Bonchev–Trinajstić information content (AvgIpc) is 2.53. The van der Waals surface area contributed by atoms with Gasteiger partial charge in [0.05, 0.1) is 12.2 Å². The van der Waals surface area contributed by atoms with Crippen LogP contribution in [-0.2, 0) is 6.54 Å². The first-order valence-electron chi connectivity index (χ1n) is 4.98. The minimum atomic E-state index is 0.861. The van der Waals surface area contributed by atoms with Crippen molar-refractivity contribution in [1.82, 2.24) is 9.88 Å². The second-order valence-electron chi connectivity index (χ2n) is 3.72. The summed E-state index contributed by atoms with van der Waals surface area (Å²) < 4.78 is 5.31. The smallest absolute Gasteiger partial charge is 0.208 e. The van der Waals surface area contributed by atoms with Crippen molar-refractivity contribution in [3.8, 4) is 0 Å². The van der Waals surface area contributed by atoms with Gasteiger partial charge in [-0.2, -0.15) is 0 Å². The summed E-state index contributed by atoms with van der Waals surface area (Å²) in [6.07, 6.45) is 5.74. The summed E-state index contributed by atoms with van der Waals surface area (Å²) in [7, 11) is 0. The zero-order chi connectivity index (χ0) is 9.10. The molecule has 1 aliphatic heterocycles. The zero-order valence-electron chi connectivity index (χ0n) is 8.12. The highest BCUT2D eigenvalue weighted by molar-refractivity contribution is 4.92. The second-order valence-corrected chi connectivity index (χ2v) is 3.72. The van der Waals surface area contributed by atoms with E-state index in [1.807, 2.05) is 6.92 Å². The van der Waals surface area contributed by atoms with Crippen molar-refractivity contribution in [2.24, 2.45) is 0 Å². The summed E-state index contributed by atoms with van der Waals surface area (Å²) in [5, 5.41) is 0. The Labute approximate surface area is 78.8 Å². The topological polar surface area (TPSA) is 29.3 Å². The molecule has 1 aliphatic rings. The predicted octanol–water partition coefficient (Wildman–Crippen LogP) is 1.97. The Kier molecular flexibility index (Phi) is 2.64. The first kappa shape index (κ1) is 8.75. The predicted molar refractivity (Wildman–Crippen MR) is 50.4 cm³/mol. The number of piperidine rings is 1. The van der Waals surface area contributed by atoms with E-state index in [1.54, 1.807) is 6.26 Å². The second kappa shape index (κ2) is 3.92. The quantitative estimate of drug-likeness (QED) is 0.696. The Hall–Kier alpha value is -0.830. The van der Waals surface area contributed by atoms with Crippen LogP contribution in [0.5, 0.6) is 0 Å². The molecule has 0 radical (unpaired) electrons. The lowest BCUT2D eigenvalue weighted by Crippen LogP contribution is -2.29. The van der Waals surface area contributed by atoms with E-state index < -0.39 is 0 Å². The van der Waals surface area contributed by atoms with Crippen LogP contribution in [0.4, 0.5) is 0 Å². The standard InChI is InChI=1S/C10H16N2O/c1-9-8-13-10(11-9)7-12-5-3-2-4-6-12/h8H,2-7H2,1H3. The van der Waals surface area contributed by atoms with Crippen LogP contribution in [0.15, 0.2) is 10.7 Å². The van der Waals surface area contributed by atoms with Crippen molar-refractivity contribution in [2.45, 2.75) is 32.7 Å². The van der Waals surface area contributed by atoms with Gasteiger partial charge in [-0.3, -0.25) is 4.90 Å². The largest absolute Gasteiger partial charge is 0.447 e. The summed E-state index contributed by atoms with van der Waals surface area (Å²) >= 11 is 0. The van der Waals surface area contributed by atoms with Gasteiger partial charge in [-0.1, -0.05) is 6.42 Å². The molecular formula is C10H16N2O. The molecule has 3 nitrogen and oxygen atoms in total. The van der Waals surface area contributed by atoms with Crippen LogP contribution in [0, 0.1) is 6.92 Å². The normalized spacial score (nSPS) is 19.2. The van der Waals surface area contributed by atoms with Gasteiger partial charge in [0.15, 0.2) is 0 Å². The van der Waals surface area contributed by atoms with Crippen LogP contribution >= 0.6 is 0 Å². The number of hydrogen-bond acceptors (Lipinski definition) is 3. The molecule has 0 bridgehead atoms. The van der Waals surface area contributed by atoms with E-state index in [0.717, 1.165) is 18.1 Å². The maximum absolute atomic E-state index is 5.31. The number of nitrogens with zero attached hydrogens (tertiary/aromatic N) is 2. The van der Waals surface area contributed by atoms with Gasteiger partial charge in [-0.15, -0.1) is 0 Å². The molecule has 13 heavy (non-hydrogen) atoms. The van der Waals surface area contributed by atoms with Crippen LogP contribution in [0.25, 0.3) is 0 Å². The average molecular weight is 180 g/mol. The van der Waals surface area contributed by atoms with Gasteiger partial charge in [0.1, 0.15) is 6.26 Å². The third-order valence-corrected chi connectivity index (χ3v) is 2.47. The zero-order valence-corrected chi connectivity index (χ0v) is 8.12. The van der Waals surface area contributed by atoms with Crippen LogP contribution < -0.4 is 0 Å². The molecular weight excluding hydrogens is 164 g/mol. The van der Waals surface area contributed by atoms with Crippen molar-refractivity contribution >= 4 is 0 Å². The fourth-order valence-electron chi connectivity index (χ4n) is 1.78. The van der Waals surface area contributed by atoms with Gasteiger partial charge in [-0.05, 0) is 32.9 Å². The lowest BCUT2D eigenvalue weighted by atomic mass is 10.1. The van der Waals surface area contributed by atoms with E-state index in [9.17, 15) is 0 Å². The van der Waals surface area contributed by atoms with Gasteiger partial charge >= 0.3 is 0 Å². The molecule has 1 fully saturated rings. The molecule has 1 saturated heterocycles. The first-order chi connectivity index (χ1) is 6.34. The molecule has 0 amide bonds. The molecule has 0 N–H and O–H groups in total. The third kappa shape index (κ3) is 2.31. The van der Waals surface area contributed by atoms with Gasteiger partial charge < -0.3 is 4.42 Å². The van der Waals surface area contributed by atoms with Crippen LogP contribution in [0.3, 0.4) is 0 Å². The molecule has 0 aromatic carbocycles. The molecule has 2 rings (SSSR count). The molecule has 0 unspecified atom stereocenters. The van der Waals surface area contributed by atoms with E-state index in [4.69, 9.17) is 4.42 Å². The Morgan fingerprint density at radius 1 is 1.38 bits per heavy atom. The molecule has 0 spiro atoms. The molecule has 0 atom stereocenters. The Bertz CT molecular complexity index is 264. The van der Waals surface area contributed by atoms with E-state index in [2.05, 4.69) is 9.88 Å². The first-order valence-corrected chi connectivity index (χ1v) is 4.98. The Balaban J connectivity index is 1.89. The highest BCUT2D eigenvalue weighted by Gasteiger charge is 2.12. The number of likely N-dealkylation sites (tertiary alicyclic amines) is 1. The SMILES string of the molecule is Cc1coc(CN2CCCCC2)n1. The van der Waals surface area contributed by atoms with Gasteiger partial charge in [-0.25, -0.2) is 4.98 Å². The summed E-state index contributed by atoms with van der Waals surface area (Å²) in [6, 6.07) is 0. The van der Waals surface area contributed by atoms with Crippen LogP contribution in [-0.4, -0.2) is 23.0 Å². The molecule has 1 aromatic rings. The van der Waals surface area contributed by atoms with E-state index in [-0.39, 0.29) is 0 Å². The maximum Gasteiger partial charge on any atom is 0.208 e. The lowest BCUT2D eigenvalue weighted by Gasteiger charge is -2.24. The Morgan fingerprint density at radius 2 is 2.15 bits per heavy atom. The Morgan fingerprint density at radius 3 is 2.77 bits per heavy atom. The van der Waals surface area contributed by atoms with Crippen molar-refractivity contribution in [3.05, 3.63) is 17.8 Å². The monoisotopic (exact) mass is 180 g/mol. The van der Waals surface area contributed by atoms with E-state index in [1.165, 1.54) is 32.4 Å². The maximum atomic E-state index is 5.31. The van der Waals surface area contributed by atoms with Crippen molar-refractivity contribution < 1.29 is 4.42 Å². The van der Waals surface area contributed by atoms with Crippen molar-refractivity contribution in [2.75, 3.05) is 13.1 Å². The molecule has 0 aliphatic carbocycles. The minimum Gasteiger partial charge on any atom is -0.447 e. The number of oxazole rings is 1. The molecule has 72 valence electrons. The summed E-state index contributed by atoms with van der Waals surface area (Å²) in [5.74, 6) is 0.861. The van der Waals surface area contributed by atoms with Gasteiger partial charge in [0.25, 0.3) is 0 Å².